The third-order valence-electron chi connectivity index (χ3n) is 6.30. The molecule has 1 fully saturated rings. The molecule has 0 amide bonds. The number of guanidine groups is 1. The van der Waals surface area contributed by atoms with Crippen LogP contribution in [0.1, 0.15) is 46.8 Å². The third kappa shape index (κ3) is 5.63. The van der Waals surface area contributed by atoms with Gasteiger partial charge in [-0.3, -0.25) is 10.8 Å². The highest BCUT2D eigenvalue weighted by Crippen LogP contribution is 2.22. The first-order valence-electron chi connectivity index (χ1n) is 11.3. The molecule has 0 aliphatic carbocycles. The van der Waals surface area contributed by atoms with E-state index in [-0.39, 0.29) is 24.6 Å². The topological polar surface area (TPSA) is 116 Å². The Hall–Kier alpha value is -3.55. The molecule has 2 aliphatic heterocycles. The third-order valence-corrected chi connectivity index (χ3v) is 6.30. The number of nitrogens with two attached hydrogens (primary N) is 1. The lowest BCUT2D eigenvalue weighted by molar-refractivity contribution is 0.0472. The fraction of sp³-hybridized carbons (Fsp3) is 0.400. The number of benzene rings is 2. The summed E-state index contributed by atoms with van der Waals surface area (Å²) in [6.07, 6.45) is 2.74. The molecule has 2 aliphatic rings. The van der Waals surface area contributed by atoms with Gasteiger partial charge in [-0.2, -0.15) is 0 Å². The van der Waals surface area contributed by atoms with E-state index in [1.165, 1.54) is 5.56 Å². The van der Waals surface area contributed by atoms with Gasteiger partial charge in [-0.15, -0.1) is 0 Å². The van der Waals surface area contributed by atoms with Crippen molar-refractivity contribution >= 4 is 17.8 Å². The van der Waals surface area contributed by atoms with E-state index in [0.29, 0.717) is 17.9 Å². The molecule has 8 nitrogen and oxygen atoms in total. The minimum atomic E-state index is -0.376. The van der Waals surface area contributed by atoms with Gasteiger partial charge in [0.1, 0.15) is 18.5 Å². The van der Waals surface area contributed by atoms with Gasteiger partial charge in [-0.05, 0) is 54.3 Å². The summed E-state index contributed by atoms with van der Waals surface area (Å²) in [7, 11) is 0. The predicted octanol–water partition coefficient (Wildman–Crippen LogP) is 3.14. The van der Waals surface area contributed by atoms with Gasteiger partial charge in [0.05, 0.1) is 11.4 Å². The summed E-state index contributed by atoms with van der Waals surface area (Å²) in [5, 5.41) is 15.4. The lowest BCUT2D eigenvalue weighted by Gasteiger charge is -2.32. The summed E-state index contributed by atoms with van der Waals surface area (Å²) >= 11 is 0. The number of carbonyl (C=O) groups excluding carboxylic acids is 1. The molecule has 8 heteroatoms. The van der Waals surface area contributed by atoms with Gasteiger partial charge in [0, 0.05) is 39.0 Å². The molecule has 4 rings (SSSR count). The number of esters is 1. The van der Waals surface area contributed by atoms with Gasteiger partial charge in [0.25, 0.3) is 0 Å². The first-order valence-corrected chi connectivity index (χ1v) is 11.3. The second-order valence-electron chi connectivity index (χ2n) is 8.65. The zero-order valence-corrected chi connectivity index (χ0v) is 19.0. The average Bonchev–Trinajstić information content (AvgIpc) is 2.82. The van der Waals surface area contributed by atoms with Gasteiger partial charge in [-0.25, -0.2) is 4.79 Å². The number of carbonyl (C=O) groups is 1. The molecule has 1 saturated heterocycles. The molecule has 33 heavy (non-hydrogen) atoms. The molecule has 0 aromatic heterocycles. The van der Waals surface area contributed by atoms with Crippen molar-refractivity contribution in [1.82, 2.24) is 9.80 Å². The number of amidine groups is 1. The molecule has 2 heterocycles. The van der Waals surface area contributed by atoms with Crippen molar-refractivity contribution in [2.45, 2.75) is 45.4 Å². The Labute approximate surface area is 194 Å². The molecule has 4 N–H and O–H groups in total. The Balaban J connectivity index is 1.28. The van der Waals surface area contributed by atoms with Crippen molar-refractivity contribution in [3.63, 3.8) is 0 Å². The van der Waals surface area contributed by atoms with Crippen molar-refractivity contribution in [2.75, 3.05) is 19.6 Å². The molecule has 0 atom stereocenters. The fourth-order valence-corrected chi connectivity index (χ4v) is 4.31. The standard InChI is InChI=1S/C25H31N5O3/c1-17(26)29-12-9-23(10-13-29)33-22-6-4-20(5-7-22)24(31)32-16-18-2-3-19-8-11-30(25(27)28)15-21(19)14-18/h2-7,14,23,26H,8-13,15-16H2,1H3,(H3,27,28). The maximum atomic E-state index is 12.5. The normalized spacial score (nSPS) is 16.2. The second-order valence-corrected chi connectivity index (χ2v) is 8.65. The van der Waals surface area contributed by atoms with Crippen LogP contribution in [0.3, 0.4) is 0 Å². The van der Waals surface area contributed by atoms with Crippen LogP contribution in [0, 0.1) is 10.8 Å². The summed E-state index contributed by atoms with van der Waals surface area (Å²) in [5.74, 6) is 1.04. The van der Waals surface area contributed by atoms with Crippen molar-refractivity contribution in [1.29, 1.82) is 10.8 Å². The number of hydrogen-bond acceptors (Lipinski definition) is 5. The smallest absolute Gasteiger partial charge is 0.338 e. The number of likely N-dealkylation sites (tertiary alicyclic amines) is 1. The number of fused-ring (bicyclic) bond motifs is 1. The molecule has 0 saturated carbocycles. The highest BCUT2D eigenvalue weighted by Gasteiger charge is 2.21. The zero-order chi connectivity index (χ0) is 23.4. The van der Waals surface area contributed by atoms with Gasteiger partial charge < -0.3 is 25.0 Å². The SMILES string of the molecule is CC(=N)N1CCC(Oc2ccc(C(=O)OCc3ccc4c(c3)CN(C(=N)N)CC4)cc2)CC1. The van der Waals surface area contributed by atoms with Crippen molar-refractivity contribution < 1.29 is 14.3 Å². The summed E-state index contributed by atoms with van der Waals surface area (Å²) in [5.41, 5.74) is 9.39. The molecule has 174 valence electrons. The molecular formula is C25H31N5O3. The molecule has 2 aromatic rings. The maximum absolute atomic E-state index is 12.5. The van der Waals surface area contributed by atoms with Crippen LogP contribution in [0.2, 0.25) is 0 Å². The molecule has 0 spiro atoms. The van der Waals surface area contributed by atoms with E-state index in [1.54, 1.807) is 24.3 Å². The highest BCUT2D eigenvalue weighted by atomic mass is 16.5. The van der Waals surface area contributed by atoms with E-state index in [9.17, 15) is 4.79 Å². The molecule has 0 unspecified atom stereocenters. The van der Waals surface area contributed by atoms with Crippen LogP contribution in [-0.4, -0.2) is 53.3 Å². The van der Waals surface area contributed by atoms with E-state index in [0.717, 1.165) is 55.8 Å². The number of nitrogens with one attached hydrogen (secondary N) is 2. The van der Waals surface area contributed by atoms with Gasteiger partial charge in [0.15, 0.2) is 5.96 Å². The number of piperidine rings is 1. The quantitative estimate of drug-likeness (QED) is 0.367. The van der Waals surface area contributed by atoms with Crippen LogP contribution >= 0.6 is 0 Å². The van der Waals surface area contributed by atoms with Gasteiger partial charge >= 0.3 is 5.97 Å². The zero-order valence-electron chi connectivity index (χ0n) is 19.0. The lowest BCUT2D eigenvalue weighted by atomic mass is 9.98. The van der Waals surface area contributed by atoms with Crippen LogP contribution < -0.4 is 10.5 Å². The predicted molar refractivity (Wildman–Crippen MR) is 127 cm³/mol. The summed E-state index contributed by atoms with van der Waals surface area (Å²) in [6.45, 7) is 5.02. The van der Waals surface area contributed by atoms with Crippen molar-refractivity contribution in [3.05, 3.63) is 64.7 Å². The maximum Gasteiger partial charge on any atom is 0.338 e. The van der Waals surface area contributed by atoms with Gasteiger partial charge in [0.2, 0.25) is 0 Å². The first-order chi connectivity index (χ1) is 15.9. The van der Waals surface area contributed by atoms with E-state index in [4.69, 9.17) is 26.0 Å². The van der Waals surface area contributed by atoms with Crippen LogP contribution in [0.4, 0.5) is 0 Å². The van der Waals surface area contributed by atoms with Crippen molar-refractivity contribution in [3.8, 4) is 5.75 Å². The molecule has 0 bridgehead atoms. The summed E-state index contributed by atoms with van der Waals surface area (Å²) in [6, 6.07) is 13.1. The minimum Gasteiger partial charge on any atom is -0.490 e. The minimum absolute atomic E-state index is 0.0804. The molecular weight excluding hydrogens is 418 g/mol. The van der Waals surface area contributed by atoms with E-state index in [1.807, 2.05) is 24.0 Å². The molecule has 2 aromatic carbocycles. The van der Waals surface area contributed by atoms with E-state index >= 15 is 0 Å². The monoisotopic (exact) mass is 449 g/mol. The Morgan fingerprint density at radius 2 is 1.76 bits per heavy atom. The van der Waals surface area contributed by atoms with E-state index < -0.39 is 0 Å². The Bertz CT molecular complexity index is 1030. The first kappa shape index (κ1) is 22.6. The Morgan fingerprint density at radius 1 is 1.03 bits per heavy atom. The Morgan fingerprint density at radius 3 is 2.42 bits per heavy atom. The summed E-state index contributed by atoms with van der Waals surface area (Å²) < 4.78 is 11.6. The Kier molecular flexibility index (Phi) is 6.82. The fourth-order valence-electron chi connectivity index (χ4n) is 4.31. The molecule has 0 radical (unpaired) electrons. The number of hydrogen-bond donors (Lipinski definition) is 3. The number of rotatable bonds is 5. The summed E-state index contributed by atoms with van der Waals surface area (Å²) in [4.78, 5) is 16.4. The number of ether oxygens (including phenoxy) is 2. The van der Waals surface area contributed by atoms with Crippen LogP contribution in [-0.2, 0) is 24.3 Å². The van der Waals surface area contributed by atoms with Crippen LogP contribution in [0.15, 0.2) is 42.5 Å². The van der Waals surface area contributed by atoms with E-state index in [2.05, 4.69) is 11.0 Å². The van der Waals surface area contributed by atoms with Gasteiger partial charge in [-0.1, -0.05) is 18.2 Å². The van der Waals surface area contributed by atoms with Crippen molar-refractivity contribution in [2.24, 2.45) is 5.73 Å². The average molecular weight is 450 g/mol. The number of nitrogens with zero attached hydrogens (tertiary/aromatic N) is 2. The lowest BCUT2D eigenvalue weighted by Crippen LogP contribution is -2.40. The van der Waals surface area contributed by atoms with Crippen LogP contribution in [0.5, 0.6) is 5.75 Å². The second kappa shape index (κ2) is 9.94. The highest BCUT2D eigenvalue weighted by molar-refractivity contribution is 5.89. The van der Waals surface area contributed by atoms with Crippen LogP contribution in [0.25, 0.3) is 0 Å². The largest absolute Gasteiger partial charge is 0.490 e.